The first-order valence-corrected chi connectivity index (χ1v) is 7.66. The minimum Gasteiger partial charge on any atom is -0.463 e. The SMILES string of the molecule is C=COC(C)Oc1c(C)cc(C2CCCCC2)cc1C. The maximum atomic E-state index is 5.87. The van der Waals surface area contributed by atoms with Gasteiger partial charge in [0.1, 0.15) is 5.75 Å². The molecule has 0 saturated heterocycles. The van der Waals surface area contributed by atoms with Crippen LogP contribution in [0.15, 0.2) is 25.0 Å². The van der Waals surface area contributed by atoms with Gasteiger partial charge in [-0.2, -0.15) is 0 Å². The fourth-order valence-electron chi connectivity index (χ4n) is 3.17. The van der Waals surface area contributed by atoms with Crippen LogP contribution in [-0.2, 0) is 4.74 Å². The number of hydrogen-bond donors (Lipinski definition) is 0. The van der Waals surface area contributed by atoms with Crippen LogP contribution in [0.2, 0.25) is 0 Å². The van der Waals surface area contributed by atoms with Crippen LogP contribution in [0.25, 0.3) is 0 Å². The minimum atomic E-state index is -0.301. The molecule has 0 radical (unpaired) electrons. The third-order valence-corrected chi connectivity index (χ3v) is 4.13. The van der Waals surface area contributed by atoms with Crippen molar-refractivity contribution >= 4 is 0 Å². The van der Waals surface area contributed by atoms with Gasteiger partial charge in [-0.15, -0.1) is 0 Å². The van der Waals surface area contributed by atoms with E-state index in [0.29, 0.717) is 0 Å². The Labute approximate surface area is 122 Å². The first kappa shape index (κ1) is 15.0. The first-order valence-electron chi connectivity index (χ1n) is 7.66. The van der Waals surface area contributed by atoms with E-state index < -0.39 is 0 Å². The number of rotatable bonds is 5. The monoisotopic (exact) mass is 274 g/mol. The van der Waals surface area contributed by atoms with Crippen molar-refractivity contribution in [3.05, 3.63) is 41.7 Å². The average Bonchev–Trinajstić information content (AvgIpc) is 2.44. The second-order valence-electron chi connectivity index (χ2n) is 5.81. The number of aryl methyl sites for hydroxylation is 2. The molecular weight excluding hydrogens is 248 g/mol. The highest BCUT2D eigenvalue weighted by Gasteiger charge is 2.18. The van der Waals surface area contributed by atoms with E-state index in [1.165, 1.54) is 55.1 Å². The van der Waals surface area contributed by atoms with Crippen LogP contribution in [0.3, 0.4) is 0 Å². The van der Waals surface area contributed by atoms with Gasteiger partial charge < -0.3 is 9.47 Å². The summed E-state index contributed by atoms with van der Waals surface area (Å²) in [7, 11) is 0. The number of hydrogen-bond acceptors (Lipinski definition) is 2. The van der Waals surface area contributed by atoms with Crippen LogP contribution in [-0.4, -0.2) is 6.29 Å². The fourth-order valence-corrected chi connectivity index (χ4v) is 3.17. The van der Waals surface area contributed by atoms with Crippen molar-refractivity contribution in [1.82, 2.24) is 0 Å². The van der Waals surface area contributed by atoms with Crippen molar-refractivity contribution in [2.75, 3.05) is 0 Å². The summed E-state index contributed by atoms with van der Waals surface area (Å²) in [4.78, 5) is 0. The van der Waals surface area contributed by atoms with E-state index in [1.54, 1.807) is 0 Å². The third kappa shape index (κ3) is 3.56. The van der Waals surface area contributed by atoms with Crippen LogP contribution in [0.5, 0.6) is 5.75 Å². The lowest BCUT2D eigenvalue weighted by Crippen LogP contribution is -2.15. The molecule has 1 saturated carbocycles. The molecule has 1 unspecified atom stereocenters. The molecule has 2 heteroatoms. The molecule has 2 rings (SSSR count). The Hall–Kier alpha value is -1.44. The second kappa shape index (κ2) is 6.83. The number of benzene rings is 1. The molecule has 1 fully saturated rings. The Bertz CT molecular complexity index is 435. The van der Waals surface area contributed by atoms with Crippen molar-refractivity contribution in [3.63, 3.8) is 0 Å². The van der Waals surface area contributed by atoms with Crippen LogP contribution in [0.4, 0.5) is 0 Å². The molecule has 110 valence electrons. The highest BCUT2D eigenvalue weighted by molar-refractivity contribution is 5.44. The lowest BCUT2D eigenvalue weighted by molar-refractivity contribution is -0.0141. The minimum absolute atomic E-state index is 0.301. The molecule has 0 spiro atoms. The maximum absolute atomic E-state index is 5.87. The predicted molar refractivity (Wildman–Crippen MR) is 83.1 cm³/mol. The Morgan fingerprint density at radius 1 is 1.15 bits per heavy atom. The summed E-state index contributed by atoms with van der Waals surface area (Å²) in [6.45, 7) is 9.69. The summed E-state index contributed by atoms with van der Waals surface area (Å²) in [5, 5.41) is 0. The van der Waals surface area contributed by atoms with Crippen LogP contribution < -0.4 is 4.74 Å². The van der Waals surface area contributed by atoms with Gasteiger partial charge in [0.05, 0.1) is 6.26 Å². The zero-order chi connectivity index (χ0) is 14.5. The van der Waals surface area contributed by atoms with Crippen molar-refractivity contribution in [1.29, 1.82) is 0 Å². The average molecular weight is 274 g/mol. The van der Waals surface area contributed by atoms with Gasteiger partial charge in [0.25, 0.3) is 0 Å². The van der Waals surface area contributed by atoms with Gasteiger partial charge in [-0.25, -0.2) is 0 Å². The van der Waals surface area contributed by atoms with E-state index in [1.807, 2.05) is 6.92 Å². The second-order valence-corrected chi connectivity index (χ2v) is 5.81. The number of ether oxygens (including phenoxy) is 2. The Kier molecular flexibility index (Phi) is 5.11. The van der Waals surface area contributed by atoms with E-state index in [2.05, 4.69) is 32.6 Å². The van der Waals surface area contributed by atoms with Gasteiger partial charge in [0, 0.05) is 6.92 Å². The molecule has 1 atom stereocenters. The molecule has 1 aliphatic rings. The quantitative estimate of drug-likeness (QED) is 0.540. The van der Waals surface area contributed by atoms with E-state index in [4.69, 9.17) is 9.47 Å². The molecule has 0 heterocycles. The summed E-state index contributed by atoms with van der Waals surface area (Å²) in [5.74, 6) is 1.68. The van der Waals surface area contributed by atoms with Gasteiger partial charge in [0.15, 0.2) is 0 Å². The highest BCUT2D eigenvalue weighted by Crippen LogP contribution is 2.36. The molecule has 0 aromatic heterocycles. The molecule has 20 heavy (non-hydrogen) atoms. The lowest BCUT2D eigenvalue weighted by atomic mass is 9.83. The third-order valence-electron chi connectivity index (χ3n) is 4.13. The molecular formula is C18H26O2. The fraction of sp³-hybridized carbons (Fsp3) is 0.556. The lowest BCUT2D eigenvalue weighted by Gasteiger charge is -2.24. The Morgan fingerprint density at radius 2 is 1.75 bits per heavy atom. The Balaban J connectivity index is 2.17. The normalized spacial score (nSPS) is 17.6. The van der Waals surface area contributed by atoms with Gasteiger partial charge in [-0.1, -0.05) is 38.0 Å². The molecule has 0 amide bonds. The molecule has 0 aliphatic heterocycles. The molecule has 2 nitrogen and oxygen atoms in total. The zero-order valence-corrected chi connectivity index (χ0v) is 12.9. The summed E-state index contributed by atoms with van der Waals surface area (Å²) in [5.41, 5.74) is 3.87. The molecule has 0 N–H and O–H groups in total. The summed E-state index contributed by atoms with van der Waals surface area (Å²) >= 11 is 0. The standard InChI is InChI=1S/C18H26O2/c1-5-19-15(4)20-18-13(2)11-17(12-14(18)3)16-9-7-6-8-10-16/h5,11-12,15-16H,1,6-10H2,2-4H3. The largest absolute Gasteiger partial charge is 0.463 e. The molecule has 1 aromatic rings. The van der Waals surface area contributed by atoms with E-state index in [-0.39, 0.29) is 6.29 Å². The van der Waals surface area contributed by atoms with E-state index in [0.717, 1.165) is 11.7 Å². The zero-order valence-electron chi connectivity index (χ0n) is 12.9. The van der Waals surface area contributed by atoms with E-state index >= 15 is 0 Å². The van der Waals surface area contributed by atoms with Gasteiger partial charge in [-0.05, 0) is 49.3 Å². The van der Waals surface area contributed by atoms with Gasteiger partial charge >= 0.3 is 0 Å². The molecule has 1 aliphatic carbocycles. The summed E-state index contributed by atoms with van der Waals surface area (Å²) in [6, 6.07) is 4.58. The van der Waals surface area contributed by atoms with Gasteiger partial charge in [-0.3, -0.25) is 0 Å². The predicted octanol–water partition coefficient (Wildman–Crippen LogP) is 5.24. The van der Waals surface area contributed by atoms with E-state index in [9.17, 15) is 0 Å². The summed E-state index contributed by atoms with van der Waals surface area (Å²) in [6.07, 6.45) is 7.91. The smallest absolute Gasteiger partial charge is 0.237 e. The van der Waals surface area contributed by atoms with Crippen LogP contribution >= 0.6 is 0 Å². The van der Waals surface area contributed by atoms with Crippen LogP contribution in [0.1, 0.15) is 61.6 Å². The molecule has 0 bridgehead atoms. The highest BCUT2D eigenvalue weighted by atomic mass is 16.7. The van der Waals surface area contributed by atoms with Crippen molar-refractivity contribution in [2.45, 2.75) is 65.1 Å². The topological polar surface area (TPSA) is 18.5 Å². The summed E-state index contributed by atoms with van der Waals surface area (Å²) < 4.78 is 11.1. The molecule has 1 aromatic carbocycles. The Morgan fingerprint density at radius 3 is 2.30 bits per heavy atom. The maximum Gasteiger partial charge on any atom is 0.237 e. The van der Waals surface area contributed by atoms with Crippen molar-refractivity contribution in [3.8, 4) is 5.75 Å². The van der Waals surface area contributed by atoms with Crippen molar-refractivity contribution in [2.24, 2.45) is 0 Å². The van der Waals surface area contributed by atoms with Gasteiger partial charge in [0.2, 0.25) is 6.29 Å². The van der Waals surface area contributed by atoms with Crippen molar-refractivity contribution < 1.29 is 9.47 Å². The first-order chi connectivity index (χ1) is 9.61. The van der Waals surface area contributed by atoms with Crippen LogP contribution in [0, 0.1) is 13.8 Å².